The fourth-order valence-electron chi connectivity index (χ4n) is 4.03. The number of rotatable bonds is 8. The predicted molar refractivity (Wildman–Crippen MR) is 124 cm³/mol. The largest absolute Gasteiger partial charge is 0.483 e. The molecule has 0 aromatic heterocycles. The SMILES string of the molecule is CC1(C)Cc2cccc(OCC(=O)OCC(=O)Nc3cccc(S(=O)(=O)N4CCCC4)c3)c2O1. The summed E-state index contributed by atoms with van der Waals surface area (Å²) in [4.78, 5) is 24.4. The molecule has 0 bridgehead atoms. The molecule has 2 heterocycles. The summed E-state index contributed by atoms with van der Waals surface area (Å²) < 4.78 is 43.3. The van der Waals surface area contributed by atoms with E-state index in [9.17, 15) is 18.0 Å². The lowest BCUT2D eigenvalue weighted by Crippen LogP contribution is -2.28. The van der Waals surface area contributed by atoms with Crippen LogP contribution in [0.3, 0.4) is 0 Å². The minimum absolute atomic E-state index is 0.110. The third-order valence-corrected chi connectivity index (χ3v) is 7.48. The van der Waals surface area contributed by atoms with Crippen molar-refractivity contribution in [2.45, 2.75) is 43.6 Å². The Kier molecular flexibility index (Phi) is 6.81. The molecular formula is C24H28N2O7S. The van der Waals surface area contributed by atoms with E-state index in [0.29, 0.717) is 30.3 Å². The zero-order valence-electron chi connectivity index (χ0n) is 19.2. The van der Waals surface area contributed by atoms with E-state index in [1.807, 2.05) is 26.0 Å². The molecule has 1 amide bonds. The quantitative estimate of drug-likeness (QED) is 0.569. The van der Waals surface area contributed by atoms with Crippen LogP contribution in [0, 0.1) is 0 Å². The van der Waals surface area contributed by atoms with Gasteiger partial charge in [0, 0.05) is 30.8 Å². The van der Waals surface area contributed by atoms with Crippen LogP contribution in [0.4, 0.5) is 5.69 Å². The Morgan fingerprint density at radius 1 is 1.09 bits per heavy atom. The Morgan fingerprint density at radius 3 is 2.59 bits per heavy atom. The van der Waals surface area contributed by atoms with Gasteiger partial charge in [0.1, 0.15) is 5.60 Å². The van der Waals surface area contributed by atoms with Gasteiger partial charge in [-0.05, 0) is 51.0 Å². The molecule has 1 fully saturated rings. The summed E-state index contributed by atoms with van der Waals surface area (Å²) in [6, 6.07) is 11.5. The maximum atomic E-state index is 12.7. The number of carbonyl (C=O) groups is 2. The maximum Gasteiger partial charge on any atom is 0.344 e. The number of ether oxygens (including phenoxy) is 3. The van der Waals surface area contributed by atoms with Gasteiger partial charge in [-0.2, -0.15) is 4.31 Å². The van der Waals surface area contributed by atoms with Crippen LogP contribution in [0.1, 0.15) is 32.3 Å². The molecule has 182 valence electrons. The van der Waals surface area contributed by atoms with Crippen molar-refractivity contribution < 1.29 is 32.2 Å². The second-order valence-electron chi connectivity index (χ2n) is 8.92. The smallest absolute Gasteiger partial charge is 0.344 e. The van der Waals surface area contributed by atoms with Gasteiger partial charge in [0.15, 0.2) is 24.7 Å². The van der Waals surface area contributed by atoms with E-state index in [4.69, 9.17) is 14.2 Å². The number of fused-ring (bicyclic) bond motifs is 1. The Morgan fingerprint density at radius 2 is 1.82 bits per heavy atom. The molecule has 2 aromatic carbocycles. The second-order valence-corrected chi connectivity index (χ2v) is 10.9. The molecule has 34 heavy (non-hydrogen) atoms. The highest BCUT2D eigenvalue weighted by atomic mass is 32.2. The highest BCUT2D eigenvalue weighted by Crippen LogP contribution is 2.41. The average Bonchev–Trinajstić information content (AvgIpc) is 3.44. The lowest BCUT2D eigenvalue weighted by Gasteiger charge is -2.18. The van der Waals surface area contributed by atoms with Gasteiger partial charge >= 0.3 is 5.97 Å². The molecule has 0 unspecified atom stereocenters. The van der Waals surface area contributed by atoms with E-state index in [2.05, 4.69) is 5.32 Å². The van der Waals surface area contributed by atoms with Crippen LogP contribution < -0.4 is 14.8 Å². The first-order chi connectivity index (χ1) is 16.1. The number of nitrogens with one attached hydrogen (secondary N) is 1. The molecule has 2 aliphatic rings. The number of hydrogen-bond donors (Lipinski definition) is 1. The average molecular weight is 489 g/mol. The summed E-state index contributed by atoms with van der Waals surface area (Å²) in [5.74, 6) is -0.243. The number of sulfonamides is 1. The molecule has 2 aliphatic heterocycles. The molecule has 2 aromatic rings. The van der Waals surface area contributed by atoms with Crippen molar-refractivity contribution in [2.75, 3.05) is 31.6 Å². The third-order valence-electron chi connectivity index (χ3n) is 5.59. The minimum Gasteiger partial charge on any atom is -0.483 e. The summed E-state index contributed by atoms with van der Waals surface area (Å²) in [7, 11) is -3.60. The molecule has 0 saturated carbocycles. The molecule has 0 radical (unpaired) electrons. The number of anilines is 1. The molecule has 4 rings (SSSR count). The van der Waals surface area contributed by atoms with Crippen molar-refractivity contribution in [1.29, 1.82) is 0 Å². The van der Waals surface area contributed by atoms with Crippen LogP contribution in [-0.2, 0) is 30.8 Å². The number of amides is 1. The molecule has 0 spiro atoms. The Balaban J connectivity index is 1.27. The van der Waals surface area contributed by atoms with E-state index in [1.165, 1.54) is 16.4 Å². The van der Waals surface area contributed by atoms with E-state index in [0.717, 1.165) is 24.8 Å². The first-order valence-electron chi connectivity index (χ1n) is 11.1. The summed E-state index contributed by atoms with van der Waals surface area (Å²) in [6.45, 7) is 4.03. The number of esters is 1. The van der Waals surface area contributed by atoms with Crippen LogP contribution in [0.5, 0.6) is 11.5 Å². The van der Waals surface area contributed by atoms with Gasteiger partial charge in [-0.1, -0.05) is 18.2 Å². The first kappa shape index (κ1) is 24.0. The number of carbonyl (C=O) groups excluding carboxylic acids is 2. The highest BCUT2D eigenvalue weighted by molar-refractivity contribution is 7.89. The molecule has 10 heteroatoms. The van der Waals surface area contributed by atoms with Crippen molar-refractivity contribution in [2.24, 2.45) is 0 Å². The van der Waals surface area contributed by atoms with Gasteiger partial charge in [0.25, 0.3) is 5.91 Å². The van der Waals surface area contributed by atoms with Crippen LogP contribution in [0.25, 0.3) is 0 Å². The van der Waals surface area contributed by atoms with E-state index >= 15 is 0 Å². The molecule has 9 nitrogen and oxygen atoms in total. The predicted octanol–water partition coefficient (Wildman–Crippen LogP) is 2.75. The van der Waals surface area contributed by atoms with Gasteiger partial charge in [-0.3, -0.25) is 4.79 Å². The highest BCUT2D eigenvalue weighted by Gasteiger charge is 2.32. The fourth-order valence-corrected chi connectivity index (χ4v) is 5.60. The molecule has 1 saturated heterocycles. The number of nitrogens with zero attached hydrogens (tertiary/aromatic N) is 1. The van der Waals surface area contributed by atoms with Gasteiger partial charge in [-0.25, -0.2) is 13.2 Å². The van der Waals surface area contributed by atoms with Crippen LogP contribution in [-0.4, -0.2) is 56.5 Å². The monoisotopic (exact) mass is 488 g/mol. The maximum absolute atomic E-state index is 12.7. The Hall–Kier alpha value is -3.11. The molecule has 0 atom stereocenters. The fraction of sp³-hybridized carbons (Fsp3) is 0.417. The molecule has 0 aliphatic carbocycles. The summed E-state index contributed by atoms with van der Waals surface area (Å²) in [6.07, 6.45) is 2.41. The summed E-state index contributed by atoms with van der Waals surface area (Å²) in [5.41, 5.74) is 0.965. The number of benzene rings is 2. The lowest BCUT2D eigenvalue weighted by molar-refractivity contribution is -0.149. The standard InChI is InChI=1S/C24H28N2O7S/c1-24(2)14-17-7-5-10-20(23(17)33-24)31-16-22(28)32-15-21(27)25-18-8-6-9-19(13-18)34(29,30)26-11-3-4-12-26/h5-10,13H,3-4,11-12,14-16H2,1-2H3,(H,25,27). The van der Waals surface area contributed by atoms with Crippen molar-refractivity contribution >= 4 is 27.6 Å². The topological polar surface area (TPSA) is 111 Å². The molecular weight excluding hydrogens is 460 g/mol. The first-order valence-corrected chi connectivity index (χ1v) is 12.6. The third kappa shape index (κ3) is 5.51. The number of para-hydroxylation sites is 1. The Labute approximate surface area is 199 Å². The van der Waals surface area contributed by atoms with E-state index < -0.39 is 28.5 Å². The Bertz CT molecular complexity index is 1190. The van der Waals surface area contributed by atoms with Gasteiger partial charge in [0.2, 0.25) is 10.0 Å². The zero-order chi connectivity index (χ0) is 24.3. The van der Waals surface area contributed by atoms with Crippen LogP contribution in [0.2, 0.25) is 0 Å². The van der Waals surface area contributed by atoms with E-state index in [1.54, 1.807) is 18.2 Å². The van der Waals surface area contributed by atoms with Gasteiger partial charge < -0.3 is 19.5 Å². The summed E-state index contributed by atoms with van der Waals surface area (Å²) >= 11 is 0. The van der Waals surface area contributed by atoms with Crippen LogP contribution >= 0.6 is 0 Å². The lowest BCUT2D eigenvalue weighted by atomic mass is 10.0. The normalized spacial score (nSPS) is 17.0. The number of hydrogen-bond acceptors (Lipinski definition) is 7. The van der Waals surface area contributed by atoms with Gasteiger partial charge in [0.05, 0.1) is 4.90 Å². The van der Waals surface area contributed by atoms with Gasteiger partial charge in [-0.15, -0.1) is 0 Å². The van der Waals surface area contributed by atoms with Crippen molar-refractivity contribution in [1.82, 2.24) is 4.31 Å². The van der Waals surface area contributed by atoms with Crippen molar-refractivity contribution in [3.63, 3.8) is 0 Å². The minimum atomic E-state index is -3.60. The molecule has 1 N–H and O–H groups in total. The zero-order valence-corrected chi connectivity index (χ0v) is 20.0. The van der Waals surface area contributed by atoms with E-state index in [-0.39, 0.29) is 17.1 Å². The van der Waals surface area contributed by atoms with Crippen molar-refractivity contribution in [3.05, 3.63) is 48.0 Å². The summed E-state index contributed by atoms with van der Waals surface area (Å²) in [5, 5.41) is 2.56. The van der Waals surface area contributed by atoms with Crippen molar-refractivity contribution in [3.8, 4) is 11.5 Å². The second kappa shape index (κ2) is 9.63. The van der Waals surface area contributed by atoms with Crippen LogP contribution in [0.15, 0.2) is 47.4 Å².